The number of rotatable bonds is 4. The average Bonchev–Trinajstić information content (AvgIpc) is 3.22. The summed E-state index contributed by atoms with van der Waals surface area (Å²) in [5, 5.41) is 0.444. The van der Waals surface area contributed by atoms with E-state index in [-0.39, 0.29) is 5.91 Å². The molecule has 104 valence electrons. The van der Waals surface area contributed by atoms with Crippen molar-refractivity contribution in [2.75, 3.05) is 5.73 Å². The molecule has 1 fully saturated rings. The van der Waals surface area contributed by atoms with Crippen molar-refractivity contribution in [3.05, 3.63) is 40.7 Å². The molecule has 0 aromatic carbocycles. The summed E-state index contributed by atoms with van der Waals surface area (Å²) in [6.45, 7) is 2.37. The monoisotopic (exact) mass is 288 g/mol. The van der Waals surface area contributed by atoms with E-state index in [1.807, 2.05) is 30.0 Å². The Bertz CT molecular complexity index is 621. The number of aromatic nitrogens is 2. The van der Waals surface area contributed by atoms with E-state index < -0.39 is 0 Å². The van der Waals surface area contributed by atoms with Gasteiger partial charge in [-0.1, -0.05) is 17.4 Å². The highest BCUT2D eigenvalue weighted by Crippen LogP contribution is 2.31. The number of hydrogen-bond donors (Lipinski definition) is 1. The predicted octanol–water partition coefficient (Wildman–Crippen LogP) is 2.23. The number of carbonyl (C=O) groups excluding carboxylic acids is 1. The van der Waals surface area contributed by atoms with E-state index in [2.05, 4.69) is 9.97 Å². The first-order valence-electron chi connectivity index (χ1n) is 6.59. The second-order valence-electron chi connectivity index (χ2n) is 4.95. The van der Waals surface area contributed by atoms with Gasteiger partial charge >= 0.3 is 0 Å². The summed E-state index contributed by atoms with van der Waals surface area (Å²) >= 11 is 1.26. The zero-order valence-corrected chi connectivity index (χ0v) is 12.1. The first kappa shape index (κ1) is 13.1. The molecule has 6 heteroatoms. The van der Waals surface area contributed by atoms with Gasteiger partial charge in [-0.05, 0) is 31.9 Å². The number of pyridine rings is 1. The number of nitrogens with zero attached hydrogens (tertiary/aromatic N) is 3. The maximum Gasteiger partial charge on any atom is 0.266 e. The standard InChI is InChI=1S/C14H16N4OS/c1-9-12(20-14(15)17-9)13(19)18(11-5-6-11)8-10-4-2-3-7-16-10/h2-4,7,11H,5-6,8H2,1H3,(H2,15,17). The van der Waals surface area contributed by atoms with Crippen molar-refractivity contribution in [3.63, 3.8) is 0 Å². The summed E-state index contributed by atoms with van der Waals surface area (Å²) in [5.74, 6) is 0.0184. The number of thiazole rings is 1. The van der Waals surface area contributed by atoms with Gasteiger partial charge in [0.2, 0.25) is 0 Å². The summed E-state index contributed by atoms with van der Waals surface area (Å²) in [6, 6.07) is 6.08. The molecule has 2 aromatic heterocycles. The minimum atomic E-state index is 0.0184. The maximum absolute atomic E-state index is 12.7. The number of nitrogens with two attached hydrogens (primary N) is 1. The molecule has 0 aliphatic heterocycles. The zero-order valence-electron chi connectivity index (χ0n) is 11.2. The summed E-state index contributed by atoms with van der Waals surface area (Å²) in [7, 11) is 0. The van der Waals surface area contributed by atoms with Crippen LogP contribution >= 0.6 is 11.3 Å². The van der Waals surface area contributed by atoms with Crippen LogP contribution in [-0.4, -0.2) is 26.8 Å². The van der Waals surface area contributed by atoms with Crippen molar-refractivity contribution in [3.8, 4) is 0 Å². The quantitative estimate of drug-likeness (QED) is 0.936. The predicted molar refractivity (Wildman–Crippen MR) is 78.4 cm³/mol. The highest BCUT2D eigenvalue weighted by Gasteiger charge is 2.34. The molecule has 0 radical (unpaired) electrons. The largest absolute Gasteiger partial charge is 0.375 e. The van der Waals surface area contributed by atoms with Crippen LogP contribution < -0.4 is 5.73 Å². The second-order valence-corrected chi connectivity index (χ2v) is 5.98. The van der Waals surface area contributed by atoms with E-state index in [0.717, 1.165) is 18.5 Å². The molecule has 1 aliphatic rings. The molecule has 0 unspecified atom stereocenters. The van der Waals surface area contributed by atoms with E-state index >= 15 is 0 Å². The molecule has 3 rings (SSSR count). The molecule has 0 saturated heterocycles. The Labute approximate surface area is 121 Å². The van der Waals surface area contributed by atoms with Crippen LogP contribution in [0.2, 0.25) is 0 Å². The molecule has 1 saturated carbocycles. The molecule has 0 spiro atoms. The number of amides is 1. The van der Waals surface area contributed by atoms with E-state index in [1.165, 1.54) is 11.3 Å². The van der Waals surface area contributed by atoms with Crippen LogP contribution in [0.5, 0.6) is 0 Å². The van der Waals surface area contributed by atoms with E-state index in [1.54, 1.807) is 6.20 Å². The van der Waals surface area contributed by atoms with Gasteiger partial charge in [0.05, 0.1) is 17.9 Å². The maximum atomic E-state index is 12.7. The van der Waals surface area contributed by atoms with Gasteiger partial charge in [0.1, 0.15) is 4.88 Å². The molecule has 20 heavy (non-hydrogen) atoms. The normalized spacial score (nSPS) is 14.2. The molecule has 1 aliphatic carbocycles. The van der Waals surface area contributed by atoms with Gasteiger partial charge in [0.15, 0.2) is 5.13 Å². The first-order valence-corrected chi connectivity index (χ1v) is 7.40. The van der Waals surface area contributed by atoms with E-state index in [0.29, 0.717) is 28.3 Å². The zero-order chi connectivity index (χ0) is 14.1. The van der Waals surface area contributed by atoms with Crippen molar-refractivity contribution in [2.24, 2.45) is 0 Å². The molecular formula is C14H16N4OS. The van der Waals surface area contributed by atoms with Gasteiger partial charge < -0.3 is 10.6 Å². The van der Waals surface area contributed by atoms with Gasteiger partial charge in [-0.3, -0.25) is 9.78 Å². The fourth-order valence-corrected chi connectivity index (χ4v) is 2.95. The fourth-order valence-electron chi connectivity index (χ4n) is 2.17. The lowest BCUT2D eigenvalue weighted by Gasteiger charge is -2.21. The van der Waals surface area contributed by atoms with Gasteiger partial charge in [-0.2, -0.15) is 0 Å². The van der Waals surface area contributed by atoms with Crippen molar-refractivity contribution in [2.45, 2.75) is 32.4 Å². The Morgan fingerprint density at radius 1 is 1.50 bits per heavy atom. The highest BCUT2D eigenvalue weighted by molar-refractivity contribution is 7.17. The summed E-state index contributed by atoms with van der Waals surface area (Å²) < 4.78 is 0. The molecule has 2 heterocycles. The smallest absolute Gasteiger partial charge is 0.266 e. The molecule has 0 bridgehead atoms. The molecular weight excluding hydrogens is 272 g/mol. The Balaban J connectivity index is 1.84. The molecule has 2 N–H and O–H groups in total. The SMILES string of the molecule is Cc1nc(N)sc1C(=O)N(Cc1ccccn1)C1CC1. The molecule has 1 amide bonds. The number of nitrogen functional groups attached to an aromatic ring is 1. The third-order valence-corrected chi connectivity index (χ3v) is 4.29. The van der Waals surface area contributed by atoms with Gasteiger partial charge in [-0.15, -0.1) is 0 Å². The minimum absolute atomic E-state index is 0.0184. The topological polar surface area (TPSA) is 72.1 Å². The van der Waals surface area contributed by atoms with Gasteiger partial charge in [0.25, 0.3) is 5.91 Å². The Kier molecular flexibility index (Phi) is 3.40. The van der Waals surface area contributed by atoms with E-state index in [9.17, 15) is 4.79 Å². The summed E-state index contributed by atoms with van der Waals surface area (Å²) in [5.41, 5.74) is 7.30. The van der Waals surface area contributed by atoms with Crippen molar-refractivity contribution in [1.29, 1.82) is 0 Å². The van der Waals surface area contributed by atoms with Crippen molar-refractivity contribution >= 4 is 22.4 Å². The van der Waals surface area contributed by atoms with E-state index in [4.69, 9.17) is 5.73 Å². The Morgan fingerprint density at radius 2 is 2.30 bits per heavy atom. The third-order valence-electron chi connectivity index (χ3n) is 3.31. The van der Waals surface area contributed by atoms with Crippen LogP contribution in [0.1, 0.15) is 33.9 Å². The third kappa shape index (κ3) is 2.65. The average molecular weight is 288 g/mol. The van der Waals surface area contributed by atoms with Crippen LogP contribution in [0.3, 0.4) is 0 Å². The minimum Gasteiger partial charge on any atom is -0.375 e. The fraction of sp³-hybridized carbons (Fsp3) is 0.357. The highest BCUT2D eigenvalue weighted by atomic mass is 32.1. The molecule has 5 nitrogen and oxygen atoms in total. The van der Waals surface area contributed by atoms with Crippen LogP contribution in [0.15, 0.2) is 24.4 Å². The first-order chi connectivity index (χ1) is 9.65. The Hall–Kier alpha value is -1.95. The number of hydrogen-bond acceptors (Lipinski definition) is 5. The summed E-state index contributed by atoms with van der Waals surface area (Å²) in [4.78, 5) is 23.6. The lowest BCUT2D eigenvalue weighted by molar-refractivity contribution is 0.0731. The van der Waals surface area contributed by atoms with Crippen molar-refractivity contribution in [1.82, 2.24) is 14.9 Å². The van der Waals surface area contributed by atoms with Crippen molar-refractivity contribution < 1.29 is 4.79 Å². The lowest BCUT2D eigenvalue weighted by atomic mass is 10.3. The number of aryl methyl sites for hydroxylation is 1. The van der Waals surface area contributed by atoms with Gasteiger partial charge in [0, 0.05) is 12.2 Å². The van der Waals surface area contributed by atoms with Gasteiger partial charge in [-0.25, -0.2) is 4.98 Å². The van der Waals surface area contributed by atoms with Crippen LogP contribution in [0, 0.1) is 6.92 Å². The number of anilines is 1. The van der Waals surface area contributed by atoms with Crippen LogP contribution in [0.25, 0.3) is 0 Å². The summed E-state index contributed by atoms with van der Waals surface area (Å²) in [6.07, 6.45) is 3.87. The van der Waals surface area contributed by atoms with Crippen LogP contribution in [0.4, 0.5) is 5.13 Å². The molecule has 2 aromatic rings. The molecule has 0 atom stereocenters. The number of carbonyl (C=O) groups is 1. The Morgan fingerprint density at radius 3 is 2.85 bits per heavy atom. The van der Waals surface area contributed by atoms with Crippen LogP contribution in [-0.2, 0) is 6.54 Å². The lowest BCUT2D eigenvalue weighted by Crippen LogP contribution is -2.32. The second kappa shape index (κ2) is 5.20.